The summed E-state index contributed by atoms with van der Waals surface area (Å²) in [7, 11) is -2.21. The summed E-state index contributed by atoms with van der Waals surface area (Å²) in [6, 6.07) is 0. The molecule has 0 aromatic rings. The van der Waals surface area contributed by atoms with Crippen LogP contribution in [0.15, 0.2) is 0 Å². The number of hydrogen-bond donors (Lipinski definition) is 0. The molecule has 0 amide bonds. The molecule has 0 aromatic heterocycles. The average Bonchev–Trinajstić information content (AvgIpc) is 2.83. The fourth-order valence-electron chi connectivity index (χ4n) is 3.82. The number of rotatable bonds is 2. The van der Waals surface area contributed by atoms with E-state index in [1.165, 1.54) is 59.2 Å². The first kappa shape index (κ1) is 33.9. The molecule has 2 fully saturated rings. The van der Waals surface area contributed by atoms with Crippen molar-refractivity contribution in [3.8, 4) is 0 Å². The van der Waals surface area contributed by atoms with Gasteiger partial charge in [-0.3, -0.25) is 0 Å². The summed E-state index contributed by atoms with van der Waals surface area (Å²) in [5, 5.41) is 0. The maximum absolute atomic E-state index is 4.82. The molecular formula is C26H48NNdSi2-. The monoisotopic (exact) mass is 572 g/mol. The minimum absolute atomic E-state index is 0. The Kier molecular flexibility index (Phi) is 15.4. The second-order valence-electron chi connectivity index (χ2n) is 10.7. The van der Waals surface area contributed by atoms with Crippen LogP contribution in [0.5, 0.6) is 0 Å². The van der Waals surface area contributed by atoms with E-state index in [1.54, 1.807) is 0 Å². The van der Waals surface area contributed by atoms with Crippen molar-refractivity contribution in [3.05, 3.63) is 63.8 Å². The van der Waals surface area contributed by atoms with E-state index < -0.39 is 16.5 Å². The third-order valence-corrected chi connectivity index (χ3v) is 11.7. The molecule has 1 nitrogen and oxygen atoms in total. The van der Waals surface area contributed by atoms with E-state index in [2.05, 4.69) is 109 Å². The molecule has 2 aliphatic rings. The summed E-state index contributed by atoms with van der Waals surface area (Å²) in [5.41, 5.74) is 0. The summed E-state index contributed by atoms with van der Waals surface area (Å²) in [6.45, 7) is 35.8. The molecule has 4 heteroatoms. The second kappa shape index (κ2) is 13.6. The molecule has 2 aliphatic carbocycles. The molecule has 0 bridgehead atoms. The topological polar surface area (TPSA) is 14.1 Å². The molecule has 2 saturated carbocycles. The van der Waals surface area contributed by atoms with E-state index in [1.807, 2.05) is 0 Å². The first-order valence-corrected chi connectivity index (χ1v) is 17.8. The van der Waals surface area contributed by atoms with Gasteiger partial charge in [0.1, 0.15) is 0 Å². The molecule has 0 heterocycles. The van der Waals surface area contributed by atoms with Crippen molar-refractivity contribution in [1.82, 2.24) is 0 Å². The van der Waals surface area contributed by atoms with E-state index in [4.69, 9.17) is 4.65 Å². The fourth-order valence-corrected chi connectivity index (χ4v) is 11.9. The largest absolute Gasteiger partial charge is 0.668 e. The van der Waals surface area contributed by atoms with Crippen molar-refractivity contribution < 1.29 is 40.8 Å². The van der Waals surface area contributed by atoms with Crippen molar-refractivity contribution in [2.24, 2.45) is 0 Å². The summed E-state index contributed by atoms with van der Waals surface area (Å²) >= 11 is 0. The Morgan fingerprint density at radius 1 is 0.333 bits per heavy atom. The molecule has 0 atom stereocenters. The van der Waals surface area contributed by atoms with Gasteiger partial charge in [-0.2, -0.15) is 0 Å². The van der Waals surface area contributed by atoms with Crippen LogP contribution in [0.2, 0.25) is 39.3 Å². The molecule has 0 spiro atoms. The minimum Gasteiger partial charge on any atom is -0.668 e. The molecule has 30 heavy (non-hydrogen) atoms. The van der Waals surface area contributed by atoms with Crippen LogP contribution < -0.4 is 0 Å². The van der Waals surface area contributed by atoms with E-state index in [0.717, 1.165) is 0 Å². The van der Waals surface area contributed by atoms with E-state index >= 15 is 0 Å². The summed E-state index contributed by atoms with van der Waals surface area (Å²) < 4.78 is 4.82. The van der Waals surface area contributed by atoms with Crippen LogP contribution in [0.3, 0.4) is 0 Å². The predicted molar refractivity (Wildman–Crippen MR) is 139 cm³/mol. The average molecular weight is 575 g/mol. The predicted octanol–water partition coefficient (Wildman–Crippen LogP) is 8.97. The Morgan fingerprint density at radius 3 is 0.467 bits per heavy atom. The molecular weight excluding hydrogens is 527 g/mol. The summed E-state index contributed by atoms with van der Waals surface area (Å²) in [5.74, 6) is 14.7. The van der Waals surface area contributed by atoms with Gasteiger partial charge in [0.2, 0.25) is 0 Å². The molecule has 2 rings (SSSR count). The van der Waals surface area contributed by atoms with E-state index in [0.29, 0.717) is 0 Å². The van der Waals surface area contributed by atoms with Gasteiger partial charge >= 0.3 is 0 Å². The number of nitrogens with zero attached hydrogens (tertiary/aromatic N) is 1. The second-order valence-corrected chi connectivity index (χ2v) is 20.3. The van der Waals surface area contributed by atoms with E-state index in [9.17, 15) is 0 Å². The van der Waals surface area contributed by atoms with Crippen LogP contribution in [-0.4, -0.2) is 16.5 Å². The van der Waals surface area contributed by atoms with Gasteiger partial charge < -0.3 is 4.65 Å². The molecule has 10 radical (unpaired) electrons. The van der Waals surface area contributed by atoms with Crippen LogP contribution >= 0.6 is 0 Å². The van der Waals surface area contributed by atoms with Gasteiger partial charge in [0.15, 0.2) is 0 Å². The van der Waals surface area contributed by atoms with Gasteiger partial charge in [-0.15, -0.1) is 0 Å². The fraction of sp³-hybridized carbons (Fsp3) is 0.615. The molecule has 0 aliphatic heterocycles. The number of hydrogen-bond acceptors (Lipinski definition) is 0. The van der Waals surface area contributed by atoms with Gasteiger partial charge in [0.25, 0.3) is 0 Å². The van der Waals surface area contributed by atoms with Crippen LogP contribution in [0, 0.1) is 100 Å². The third-order valence-electron chi connectivity index (χ3n) is 6.30. The Labute approximate surface area is 227 Å². The van der Waals surface area contributed by atoms with Gasteiger partial charge in [-0.05, 0) is 59.2 Å². The Morgan fingerprint density at radius 2 is 0.433 bits per heavy atom. The zero-order valence-electron chi connectivity index (χ0n) is 22.9. The Balaban J connectivity index is 0. The first-order chi connectivity index (χ1) is 12.8. The SMILES string of the molecule is C[C]1[C](C)[C](C)[C](C)[C]1C.C[C]1[C](C)[C](C)[C](C)[C]1C.C[Si](C)(C)[N-][Si](C)(C)C.[Nd]. The maximum Gasteiger partial charge on any atom is 0 e. The zero-order chi connectivity index (χ0) is 23.5. The maximum atomic E-state index is 4.82. The third kappa shape index (κ3) is 10.8. The molecule has 0 N–H and O–H groups in total. The molecule has 170 valence electrons. The van der Waals surface area contributed by atoms with Gasteiger partial charge in [0.05, 0.1) is 0 Å². The van der Waals surface area contributed by atoms with Crippen molar-refractivity contribution in [2.75, 3.05) is 0 Å². The van der Waals surface area contributed by atoms with Gasteiger partial charge in [-0.1, -0.05) is 125 Å². The minimum atomic E-state index is -1.11. The molecule has 0 saturated heterocycles. The van der Waals surface area contributed by atoms with Crippen LogP contribution in [0.4, 0.5) is 0 Å². The summed E-state index contributed by atoms with van der Waals surface area (Å²) in [6.07, 6.45) is 0. The van der Waals surface area contributed by atoms with Crippen molar-refractivity contribution in [3.63, 3.8) is 0 Å². The molecule has 0 aromatic carbocycles. The van der Waals surface area contributed by atoms with Crippen molar-refractivity contribution in [1.29, 1.82) is 0 Å². The Hall–Kier alpha value is 1.74. The van der Waals surface area contributed by atoms with Crippen LogP contribution in [0.25, 0.3) is 4.65 Å². The standard InChI is InChI=1S/2C10H15.C6H18NSi2.Nd/c2*1-6-7(2)9(4)10(5)8(6)3;1-8(2,3)7-9(4,5)6;/h2*1-5H3;1-6H3;/q;;-1;. The first-order valence-electron chi connectivity index (χ1n) is 10.9. The Bertz CT molecular complexity index is 339. The van der Waals surface area contributed by atoms with Crippen molar-refractivity contribution in [2.45, 2.75) is 109 Å². The quantitative estimate of drug-likeness (QED) is 0.292. The van der Waals surface area contributed by atoms with Crippen LogP contribution in [-0.2, 0) is 0 Å². The molecule has 0 unspecified atom stereocenters. The smallest absolute Gasteiger partial charge is 0 e. The van der Waals surface area contributed by atoms with Gasteiger partial charge in [-0.25, -0.2) is 0 Å². The van der Waals surface area contributed by atoms with Gasteiger partial charge in [0, 0.05) is 40.8 Å². The zero-order valence-corrected chi connectivity index (χ0v) is 28.2. The summed E-state index contributed by atoms with van der Waals surface area (Å²) in [4.78, 5) is 0. The van der Waals surface area contributed by atoms with Crippen molar-refractivity contribution >= 4 is 16.5 Å². The normalized spacial score (nSPS) is 23.2. The van der Waals surface area contributed by atoms with Crippen LogP contribution in [0.1, 0.15) is 69.2 Å². The van der Waals surface area contributed by atoms with E-state index in [-0.39, 0.29) is 40.8 Å².